The molecule has 0 radical (unpaired) electrons. The summed E-state index contributed by atoms with van der Waals surface area (Å²) in [5.74, 6) is 0. The average Bonchev–Trinajstić information content (AvgIpc) is 3.09. The number of rotatable bonds is 17. The van der Waals surface area contributed by atoms with E-state index in [-0.39, 0.29) is 6.61 Å². The molecule has 60 heavy (non-hydrogen) atoms. The van der Waals surface area contributed by atoms with Gasteiger partial charge in [0.1, 0.15) is 73.2 Å². The Bertz CT molecular complexity index is 1870. The zero-order chi connectivity index (χ0) is 45.4. The van der Waals surface area contributed by atoms with Crippen LogP contribution in [0.4, 0.5) is 0 Å². The van der Waals surface area contributed by atoms with Crippen molar-refractivity contribution in [3.05, 3.63) is 0 Å². The first-order valence-electron chi connectivity index (χ1n) is 17.6. The smallest absolute Gasteiger partial charge is 0.387 e. The van der Waals surface area contributed by atoms with Crippen LogP contribution in [0.5, 0.6) is 0 Å². The van der Waals surface area contributed by atoms with E-state index in [1.54, 1.807) is 6.92 Å². The molecule has 4 rings (SSSR count). The zero-order valence-electron chi connectivity index (χ0n) is 31.8. The van der Waals surface area contributed by atoms with Crippen molar-refractivity contribution >= 4 is 41.6 Å². The Kier molecular flexibility index (Phi) is 17.2. The Morgan fingerprint density at radius 1 is 0.400 bits per heavy atom. The summed E-state index contributed by atoms with van der Waals surface area (Å²) in [7, 11) is -21.3. The van der Waals surface area contributed by atoms with E-state index in [1.807, 2.05) is 0 Å². The Balaban J connectivity index is 1.73. The summed E-state index contributed by atoms with van der Waals surface area (Å²) in [6.07, 6.45) is -39.3. The van der Waals surface area contributed by atoms with Crippen LogP contribution in [0.3, 0.4) is 0 Å². The van der Waals surface area contributed by atoms with Gasteiger partial charge in [-0.2, -0.15) is 33.7 Å². The predicted octanol–water partition coefficient (Wildman–Crippen LogP) is -4.90. The van der Waals surface area contributed by atoms with Crippen LogP contribution in [0, 0.1) is 0 Å². The summed E-state index contributed by atoms with van der Waals surface area (Å²) >= 11 is 0. The maximum atomic E-state index is 12.1. The van der Waals surface area contributed by atoms with Gasteiger partial charge < -0.3 is 63.4 Å². The summed E-state index contributed by atoms with van der Waals surface area (Å²) in [6, 6.07) is 0. The van der Waals surface area contributed by atoms with E-state index in [0.29, 0.717) is 6.42 Å². The lowest BCUT2D eigenvalue weighted by Gasteiger charge is -2.50. The third kappa shape index (κ3) is 13.5. The first-order chi connectivity index (χ1) is 27.4. The molecule has 9 N–H and O–H groups in total. The molecule has 0 aliphatic carbocycles. The van der Waals surface area contributed by atoms with Crippen LogP contribution in [0.15, 0.2) is 0 Å². The van der Waals surface area contributed by atoms with Crippen LogP contribution in [-0.4, -0.2) is 207 Å². The van der Waals surface area contributed by atoms with E-state index in [2.05, 4.69) is 12.5 Å². The van der Waals surface area contributed by atoms with Crippen molar-refractivity contribution in [1.29, 1.82) is 0 Å². The van der Waals surface area contributed by atoms with E-state index in [4.69, 9.17) is 51.2 Å². The fourth-order valence-electron chi connectivity index (χ4n) is 6.69. The van der Waals surface area contributed by atoms with Crippen LogP contribution >= 0.6 is 0 Å². The summed E-state index contributed by atoms with van der Waals surface area (Å²) < 4.78 is 195. The molecule has 4 heterocycles. The van der Waals surface area contributed by atoms with Crippen molar-refractivity contribution in [3.8, 4) is 0 Å². The van der Waals surface area contributed by atoms with Gasteiger partial charge in [-0.3, -0.25) is 18.2 Å². The maximum Gasteiger partial charge on any atom is 0.397 e. The number of ether oxygens (including phenoxy) is 8. The largest absolute Gasteiger partial charge is 0.397 e. The Morgan fingerprint density at radius 2 is 0.700 bits per heavy atom. The van der Waals surface area contributed by atoms with Crippen molar-refractivity contribution in [2.75, 3.05) is 6.61 Å². The average molecular weight is 965 g/mol. The van der Waals surface area contributed by atoms with Gasteiger partial charge in [0.15, 0.2) is 25.2 Å². The molecule has 0 bridgehead atoms. The quantitative estimate of drug-likeness (QED) is 0.0617. The van der Waals surface area contributed by atoms with Gasteiger partial charge in [-0.25, -0.2) is 16.7 Å². The molecule has 4 saturated heterocycles. The first kappa shape index (κ1) is 51.6. The third-order valence-electron chi connectivity index (χ3n) is 9.32. The number of aliphatic hydroxyl groups is 5. The van der Waals surface area contributed by atoms with Crippen LogP contribution in [0.1, 0.15) is 41.0 Å². The van der Waals surface area contributed by atoms with Gasteiger partial charge in [-0.1, -0.05) is 6.92 Å². The molecule has 4 aliphatic rings. The van der Waals surface area contributed by atoms with Crippen LogP contribution in [0.2, 0.25) is 0 Å². The fourth-order valence-corrected chi connectivity index (χ4v) is 8.88. The Morgan fingerprint density at radius 3 is 1.08 bits per heavy atom. The molecule has 0 unspecified atom stereocenters. The molecule has 0 aromatic heterocycles. The lowest BCUT2D eigenvalue weighted by molar-refractivity contribution is -0.391. The number of hydrogen-bond donors (Lipinski definition) is 9. The maximum absolute atomic E-state index is 12.1. The van der Waals surface area contributed by atoms with Crippen molar-refractivity contribution in [3.63, 3.8) is 0 Å². The highest BCUT2D eigenvalue weighted by molar-refractivity contribution is 7.81. The highest BCUT2D eigenvalue weighted by Crippen LogP contribution is 2.38. The van der Waals surface area contributed by atoms with E-state index in [1.165, 1.54) is 6.92 Å². The van der Waals surface area contributed by atoms with Crippen molar-refractivity contribution in [2.45, 2.75) is 164 Å². The lowest BCUT2D eigenvalue weighted by atomic mass is 9.96. The van der Waals surface area contributed by atoms with Gasteiger partial charge in [-0.15, -0.1) is 0 Å². The summed E-state index contributed by atoms with van der Waals surface area (Å²) in [5, 5.41) is 54.8. The topological polar surface area (TPSA) is 429 Å². The SMILES string of the molecule is CCCO[C@@H]1O[C@@H](C)[C@@H](OS(=O)(=O)O)[C@@H](O[C@@H]2O[C@@H](C)[C@@H](OS(=O)(=O)O)[C@@H](O[C@@H]3O[C@@H](C)[C@@H](OS(=O)(=O)O)[C@@H](O)[C@@H]3O)[C@@H]2O)[C@@H]1O[C@@H]1O[C@@H](C)[C@@H](OS(=O)(=O)O)[C@@H](O)[C@@H]1O. The summed E-state index contributed by atoms with van der Waals surface area (Å²) in [4.78, 5) is 0. The zero-order valence-corrected chi connectivity index (χ0v) is 35.1. The molecule has 4 fully saturated rings. The number of hydrogen-bond acceptors (Lipinski definition) is 25. The van der Waals surface area contributed by atoms with Crippen molar-refractivity contribution < 1.29 is 132 Å². The molecule has 29 nitrogen and oxygen atoms in total. The van der Waals surface area contributed by atoms with Crippen LogP contribution in [-0.2, 0) is 96.2 Å². The molecule has 0 amide bonds. The second-order valence-corrected chi connectivity index (χ2v) is 18.1. The van der Waals surface area contributed by atoms with Crippen molar-refractivity contribution in [2.24, 2.45) is 0 Å². The Labute approximate surface area is 343 Å². The fraction of sp³-hybridized carbons (Fsp3) is 1.00. The second kappa shape index (κ2) is 20.0. The third-order valence-corrected chi connectivity index (χ3v) is 11.2. The normalized spacial score (nSPS) is 43.8. The molecule has 0 saturated carbocycles. The molecule has 4 aliphatic heterocycles. The second-order valence-electron chi connectivity index (χ2n) is 13.9. The lowest BCUT2D eigenvalue weighted by Crippen LogP contribution is -2.67. The van der Waals surface area contributed by atoms with Crippen LogP contribution in [0.25, 0.3) is 0 Å². The summed E-state index contributed by atoms with van der Waals surface area (Å²) in [5.41, 5.74) is 0. The summed E-state index contributed by atoms with van der Waals surface area (Å²) in [6.45, 7) is 6.07. The Hall–Kier alpha value is -1.04. The van der Waals surface area contributed by atoms with E-state index >= 15 is 0 Å². The van der Waals surface area contributed by atoms with Gasteiger partial charge >= 0.3 is 41.6 Å². The van der Waals surface area contributed by atoms with Gasteiger partial charge in [0.05, 0.1) is 24.4 Å². The van der Waals surface area contributed by atoms with E-state index < -0.39 is 164 Å². The highest BCUT2D eigenvalue weighted by Gasteiger charge is 2.57. The minimum atomic E-state index is -5.44. The molecular weight excluding hydrogens is 917 g/mol. The molecule has 354 valence electrons. The molecular formula is C27H48O29S4. The highest BCUT2D eigenvalue weighted by atomic mass is 32.3. The minimum Gasteiger partial charge on any atom is -0.387 e. The van der Waals surface area contributed by atoms with Gasteiger partial charge in [-0.05, 0) is 34.1 Å². The van der Waals surface area contributed by atoms with Gasteiger partial charge in [0, 0.05) is 6.61 Å². The molecule has 0 spiro atoms. The minimum absolute atomic E-state index is 0.112. The monoisotopic (exact) mass is 964 g/mol. The van der Waals surface area contributed by atoms with Gasteiger partial charge in [0.25, 0.3) is 0 Å². The standard InChI is InChI=1S/C27H48O29S4/c1-6-7-45-27-23(52-25-15(31)13(29)18(9(3)47-25)54-58(36,37)38)22(20(11(5)49-27)56-60(42,43)44)51-26-16(32)21(19(10(4)48-26)55-59(39,40)41)50-24-14(30)12(28)17(8(2)46-24)53-57(33,34)35/h8-32H,6-7H2,1-5H3,(H,33,34,35)(H,36,37,38)(H,39,40,41)(H,42,43,44)/t8-,9-,10-,11-,12-,13-,14-,15-,16-,17+,18+,19+,20+,21-,22+,23-,24-,25-,26-,27+/m0/s1. The molecule has 20 atom stereocenters. The first-order valence-corrected chi connectivity index (χ1v) is 23.1. The van der Waals surface area contributed by atoms with Crippen LogP contribution < -0.4 is 0 Å². The van der Waals surface area contributed by atoms with Crippen molar-refractivity contribution in [1.82, 2.24) is 0 Å². The molecule has 0 aromatic rings. The predicted molar refractivity (Wildman–Crippen MR) is 184 cm³/mol. The van der Waals surface area contributed by atoms with E-state index in [9.17, 15) is 68.3 Å². The van der Waals surface area contributed by atoms with E-state index in [0.717, 1.165) is 20.8 Å². The number of aliphatic hydroxyl groups excluding tert-OH is 5. The molecule has 33 heteroatoms. The molecule has 0 aromatic carbocycles. The van der Waals surface area contributed by atoms with Gasteiger partial charge in [0.2, 0.25) is 0 Å².